The van der Waals surface area contributed by atoms with Gasteiger partial charge in [-0.15, -0.1) is 0 Å². The van der Waals surface area contributed by atoms with Crippen LogP contribution in [0.2, 0.25) is 0 Å². The van der Waals surface area contributed by atoms with Gasteiger partial charge in [0.05, 0.1) is 25.5 Å². The molecule has 1 atom stereocenters. The highest BCUT2D eigenvalue weighted by atomic mass is 16.6. The highest BCUT2D eigenvalue weighted by molar-refractivity contribution is 5.87. The van der Waals surface area contributed by atoms with Crippen molar-refractivity contribution in [3.05, 3.63) is 42.2 Å². The first-order valence-corrected chi connectivity index (χ1v) is 5.73. The van der Waals surface area contributed by atoms with E-state index < -0.39 is 5.97 Å². The molecule has 0 bridgehead atoms. The zero-order chi connectivity index (χ0) is 13.4. The minimum atomic E-state index is -0.392. The minimum absolute atomic E-state index is 0.229. The van der Waals surface area contributed by atoms with Gasteiger partial charge in [-0.05, 0) is 19.1 Å². The highest BCUT2D eigenvalue weighted by Crippen LogP contribution is 2.19. The average Bonchev–Trinajstić information content (AvgIpc) is 2.39. The normalized spacial score (nSPS) is 11.9. The highest BCUT2D eigenvalue weighted by Gasteiger charge is 2.18. The van der Waals surface area contributed by atoms with Crippen LogP contribution in [0.4, 0.5) is 0 Å². The number of pyridine rings is 1. The van der Waals surface area contributed by atoms with E-state index in [-0.39, 0.29) is 6.04 Å². The summed E-state index contributed by atoms with van der Waals surface area (Å²) in [5.41, 5.74) is 3.96. The summed E-state index contributed by atoms with van der Waals surface area (Å²) < 4.78 is 4.89. The summed E-state index contributed by atoms with van der Waals surface area (Å²) in [6, 6.07) is 5.33. The van der Waals surface area contributed by atoms with Gasteiger partial charge in [0.1, 0.15) is 0 Å². The van der Waals surface area contributed by atoms with Gasteiger partial charge in [-0.3, -0.25) is 4.98 Å². The molecule has 0 aliphatic carbocycles. The number of nitrogens with one attached hydrogen (secondary N) is 1. The Bertz CT molecular complexity index is 392. The van der Waals surface area contributed by atoms with Crippen LogP contribution in [0.5, 0.6) is 0 Å². The van der Waals surface area contributed by atoms with E-state index in [0.717, 1.165) is 5.69 Å². The van der Waals surface area contributed by atoms with Gasteiger partial charge >= 0.3 is 5.97 Å². The first-order valence-electron chi connectivity index (χ1n) is 5.73. The number of rotatable bonds is 7. The maximum Gasteiger partial charge on any atom is 0.333 e. The Hall–Kier alpha value is -1.72. The van der Waals surface area contributed by atoms with Crippen molar-refractivity contribution >= 4 is 5.97 Å². The number of hydrogen-bond donors (Lipinski definition) is 1. The molecule has 5 nitrogen and oxygen atoms in total. The minimum Gasteiger partial charge on any atom is -0.463 e. The molecular weight excluding hydrogens is 232 g/mol. The molecule has 1 heterocycles. The number of hydroxylamine groups is 1. The van der Waals surface area contributed by atoms with E-state index in [2.05, 4.69) is 17.0 Å². The zero-order valence-corrected chi connectivity index (χ0v) is 10.7. The van der Waals surface area contributed by atoms with Gasteiger partial charge in [0.25, 0.3) is 0 Å². The molecular formula is C13H18N2O3. The Morgan fingerprint density at radius 2 is 2.33 bits per heavy atom. The molecule has 0 aromatic carbocycles. The summed E-state index contributed by atoms with van der Waals surface area (Å²) in [7, 11) is 1.52. The summed E-state index contributed by atoms with van der Waals surface area (Å²) in [6.07, 6.45) is 2.07. The maximum absolute atomic E-state index is 11.5. The second kappa shape index (κ2) is 7.58. The van der Waals surface area contributed by atoms with Crippen LogP contribution in [-0.2, 0) is 14.4 Å². The number of hydrogen-bond acceptors (Lipinski definition) is 5. The van der Waals surface area contributed by atoms with Crippen molar-refractivity contribution in [2.75, 3.05) is 13.7 Å². The van der Waals surface area contributed by atoms with Crippen LogP contribution in [0.1, 0.15) is 25.1 Å². The molecule has 0 saturated heterocycles. The Morgan fingerprint density at radius 3 is 2.89 bits per heavy atom. The SMILES string of the molecule is C=C(CC(NOC)c1ccccn1)C(=O)OCC. The molecule has 1 N–H and O–H groups in total. The molecule has 5 heteroatoms. The van der Waals surface area contributed by atoms with Crippen LogP contribution in [0, 0.1) is 0 Å². The molecule has 1 aromatic heterocycles. The van der Waals surface area contributed by atoms with E-state index in [1.807, 2.05) is 18.2 Å². The molecule has 0 aliphatic heterocycles. The topological polar surface area (TPSA) is 60.5 Å². The monoisotopic (exact) mass is 250 g/mol. The summed E-state index contributed by atoms with van der Waals surface area (Å²) in [6.45, 7) is 5.82. The average molecular weight is 250 g/mol. The predicted octanol–water partition coefficient (Wildman–Crippen LogP) is 1.78. The Kier molecular flexibility index (Phi) is 6.04. The van der Waals surface area contributed by atoms with Crippen molar-refractivity contribution in [3.63, 3.8) is 0 Å². The quantitative estimate of drug-likeness (QED) is 0.454. The van der Waals surface area contributed by atoms with Gasteiger partial charge in [0, 0.05) is 18.2 Å². The second-order valence-corrected chi connectivity index (χ2v) is 3.66. The van der Waals surface area contributed by atoms with Crippen molar-refractivity contribution in [2.45, 2.75) is 19.4 Å². The first-order chi connectivity index (χ1) is 8.69. The molecule has 0 aliphatic rings. The zero-order valence-electron chi connectivity index (χ0n) is 10.7. The smallest absolute Gasteiger partial charge is 0.333 e. The second-order valence-electron chi connectivity index (χ2n) is 3.66. The van der Waals surface area contributed by atoms with Crippen LogP contribution in [0.25, 0.3) is 0 Å². The van der Waals surface area contributed by atoms with Gasteiger partial charge < -0.3 is 9.57 Å². The van der Waals surface area contributed by atoms with Crippen LogP contribution in [0.3, 0.4) is 0 Å². The Balaban J connectivity index is 2.69. The summed E-state index contributed by atoms with van der Waals surface area (Å²) in [5, 5.41) is 0. The van der Waals surface area contributed by atoms with E-state index in [1.54, 1.807) is 13.1 Å². The lowest BCUT2D eigenvalue weighted by atomic mass is 10.0. The largest absolute Gasteiger partial charge is 0.463 e. The van der Waals surface area contributed by atoms with E-state index >= 15 is 0 Å². The maximum atomic E-state index is 11.5. The Morgan fingerprint density at radius 1 is 1.56 bits per heavy atom. The van der Waals surface area contributed by atoms with Gasteiger partial charge in [0.2, 0.25) is 0 Å². The van der Waals surface area contributed by atoms with Gasteiger partial charge in [-0.2, -0.15) is 5.48 Å². The molecule has 0 amide bonds. The lowest BCUT2D eigenvalue weighted by Crippen LogP contribution is -2.23. The molecule has 18 heavy (non-hydrogen) atoms. The van der Waals surface area contributed by atoms with E-state index in [1.165, 1.54) is 7.11 Å². The molecule has 1 unspecified atom stereocenters. The fraction of sp³-hybridized carbons (Fsp3) is 0.385. The third-order valence-corrected chi connectivity index (χ3v) is 2.32. The third-order valence-electron chi connectivity index (χ3n) is 2.32. The van der Waals surface area contributed by atoms with E-state index in [9.17, 15) is 4.79 Å². The third kappa shape index (κ3) is 4.27. The van der Waals surface area contributed by atoms with Crippen molar-refractivity contribution in [3.8, 4) is 0 Å². The number of carbonyl (C=O) groups excluding carboxylic acids is 1. The predicted molar refractivity (Wildman–Crippen MR) is 67.5 cm³/mol. The fourth-order valence-electron chi connectivity index (χ4n) is 1.49. The van der Waals surface area contributed by atoms with Crippen molar-refractivity contribution < 1.29 is 14.4 Å². The number of ether oxygens (including phenoxy) is 1. The molecule has 0 spiro atoms. The first kappa shape index (κ1) is 14.3. The van der Waals surface area contributed by atoms with Gasteiger partial charge in [0.15, 0.2) is 0 Å². The van der Waals surface area contributed by atoms with Crippen LogP contribution in [0.15, 0.2) is 36.5 Å². The number of esters is 1. The summed E-state index contributed by atoms with van der Waals surface area (Å²) >= 11 is 0. The lowest BCUT2D eigenvalue weighted by Gasteiger charge is -2.17. The lowest BCUT2D eigenvalue weighted by molar-refractivity contribution is -0.138. The Labute approximate surface area is 107 Å². The summed E-state index contributed by atoms with van der Waals surface area (Å²) in [5.74, 6) is -0.392. The number of aromatic nitrogens is 1. The number of nitrogens with zero attached hydrogens (tertiary/aromatic N) is 1. The molecule has 1 aromatic rings. The van der Waals surface area contributed by atoms with Crippen molar-refractivity contribution in [2.24, 2.45) is 0 Å². The van der Waals surface area contributed by atoms with Crippen LogP contribution in [-0.4, -0.2) is 24.7 Å². The van der Waals surface area contributed by atoms with E-state index in [4.69, 9.17) is 9.57 Å². The van der Waals surface area contributed by atoms with Crippen LogP contribution < -0.4 is 5.48 Å². The summed E-state index contributed by atoms with van der Waals surface area (Å²) in [4.78, 5) is 20.6. The van der Waals surface area contributed by atoms with Gasteiger partial charge in [-0.1, -0.05) is 12.6 Å². The van der Waals surface area contributed by atoms with Gasteiger partial charge in [-0.25, -0.2) is 4.79 Å². The fourth-order valence-corrected chi connectivity index (χ4v) is 1.49. The van der Waals surface area contributed by atoms with Crippen molar-refractivity contribution in [1.82, 2.24) is 10.5 Å². The molecule has 0 fully saturated rings. The molecule has 98 valence electrons. The number of carbonyl (C=O) groups is 1. The van der Waals surface area contributed by atoms with Crippen LogP contribution >= 0.6 is 0 Å². The standard InChI is InChI=1S/C13H18N2O3/c1-4-18-13(16)10(2)9-12(15-17-3)11-7-5-6-8-14-11/h5-8,12,15H,2,4,9H2,1,3H3. The van der Waals surface area contributed by atoms with E-state index in [0.29, 0.717) is 18.6 Å². The van der Waals surface area contributed by atoms with Crippen molar-refractivity contribution in [1.29, 1.82) is 0 Å². The molecule has 0 saturated carbocycles. The molecule has 1 rings (SSSR count). The molecule has 0 radical (unpaired) electrons.